The lowest BCUT2D eigenvalue weighted by Crippen LogP contribution is -2.33. The van der Waals surface area contributed by atoms with Gasteiger partial charge in [-0.2, -0.15) is 0 Å². The zero-order valence-electron chi connectivity index (χ0n) is 11.6. The summed E-state index contributed by atoms with van der Waals surface area (Å²) < 4.78 is 23.1. The van der Waals surface area contributed by atoms with Crippen LogP contribution in [0.4, 0.5) is 5.69 Å². The van der Waals surface area contributed by atoms with Gasteiger partial charge in [-0.25, -0.2) is 8.42 Å². The first-order valence-electron chi connectivity index (χ1n) is 6.72. The Kier molecular flexibility index (Phi) is 4.47. The quantitative estimate of drug-likeness (QED) is 0.884. The third-order valence-electron chi connectivity index (χ3n) is 3.62. The molecule has 1 heterocycles. The molecule has 5 heteroatoms. The van der Waals surface area contributed by atoms with Crippen molar-refractivity contribution in [2.45, 2.75) is 24.7 Å². The van der Waals surface area contributed by atoms with Crippen molar-refractivity contribution in [3.8, 4) is 0 Å². The van der Waals surface area contributed by atoms with Crippen molar-refractivity contribution < 1.29 is 8.42 Å². The molecule has 1 aromatic rings. The summed E-state index contributed by atoms with van der Waals surface area (Å²) in [4.78, 5) is 0.377. The monoisotopic (exact) mass is 282 g/mol. The average Bonchev–Trinajstić information content (AvgIpc) is 2.37. The van der Waals surface area contributed by atoms with Crippen LogP contribution in [0.1, 0.15) is 18.4 Å². The molecule has 1 saturated heterocycles. The van der Waals surface area contributed by atoms with Gasteiger partial charge in [-0.1, -0.05) is 6.07 Å². The van der Waals surface area contributed by atoms with E-state index in [-0.39, 0.29) is 0 Å². The number of benzene rings is 1. The molecule has 2 rings (SSSR count). The minimum Gasteiger partial charge on any atom is -0.384 e. The van der Waals surface area contributed by atoms with Crippen molar-refractivity contribution in [3.05, 3.63) is 23.8 Å². The predicted octanol–water partition coefficient (Wildman–Crippen LogP) is 1.81. The van der Waals surface area contributed by atoms with Crippen LogP contribution in [0.2, 0.25) is 0 Å². The third kappa shape index (κ3) is 3.94. The molecule has 0 amide bonds. The van der Waals surface area contributed by atoms with Crippen molar-refractivity contribution in [3.63, 3.8) is 0 Å². The van der Waals surface area contributed by atoms with Gasteiger partial charge < -0.3 is 10.6 Å². The molecule has 1 aliphatic rings. The van der Waals surface area contributed by atoms with Crippen LogP contribution in [-0.4, -0.2) is 34.3 Å². The van der Waals surface area contributed by atoms with Gasteiger partial charge in [0.25, 0.3) is 0 Å². The molecule has 0 spiro atoms. The first kappa shape index (κ1) is 14.3. The Bertz CT molecular complexity index is 534. The SMILES string of the molecule is Cc1ccc(S(C)(=O)=O)cc1NCC1CCCNC1. The van der Waals surface area contributed by atoms with Gasteiger partial charge in [-0.05, 0) is 56.5 Å². The number of nitrogens with one attached hydrogen (secondary N) is 2. The average molecular weight is 282 g/mol. The first-order chi connectivity index (χ1) is 8.97. The second kappa shape index (κ2) is 5.92. The molecule has 2 N–H and O–H groups in total. The van der Waals surface area contributed by atoms with Gasteiger partial charge in [-0.15, -0.1) is 0 Å². The number of aryl methyl sites for hydroxylation is 1. The summed E-state index contributed by atoms with van der Waals surface area (Å²) in [6.45, 7) is 5.03. The molecule has 19 heavy (non-hydrogen) atoms. The van der Waals surface area contributed by atoms with E-state index >= 15 is 0 Å². The van der Waals surface area contributed by atoms with Crippen LogP contribution in [-0.2, 0) is 9.84 Å². The third-order valence-corrected chi connectivity index (χ3v) is 4.73. The van der Waals surface area contributed by atoms with Gasteiger partial charge in [-0.3, -0.25) is 0 Å². The number of hydrogen-bond acceptors (Lipinski definition) is 4. The van der Waals surface area contributed by atoms with E-state index in [1.54, 1.807) is 12.1 Å². The van der Waals surface area contributed by atoms with E-state index in [4.69, 9.17) is 0 Å². The number of sulfone groups is 1. The Labute approximate surface area is 115 Å². The molecular weight excluding hydrogens is 260 g/mol. The second-order valence-electron chi connectivity index (χ2n) is 5.34. The van der Waals surface area contributed by atoms with Crippen molar-refractivity contribution in [1.82, 2.24) is 5.32 Å². The van der Waals surface area contributed by atoms with Gasteiger partial charge in [0.15, 0.2) is 9.84 Å². The summed E-state index contributed by atoms with van der Waals surface area (Å²) in [6.07, 6.45) is 3.69. The van der Waals surface area contributed by atoms with Crippen LogP contribution in [0.3, 0.4) is 0 Å². The zero-order valence-corrected chi connectivity index (χ0v) is 12.4. The Hall–Kier alpha value is -1.07. The smallest absolute Gasteiger partial charge is 0.175 e. The van der Waals surface area contributed by atoms with Crippen molar-refractivity contribution >= 4 is 15.5 Å². The molecule has 1 aliphatic heterocycles. The number of piperidine rings is 1. The summed E-state index contributed by atoms with van der Waals surface area (Å²) in [5.74, 6) is 0.620. The largest absolute Gasteiger partial charge is 0.384 e. The molecule has 1 unspecified atom stereocenters. The molecule has 0 bridgehead atoms. The normalized spacial score (nSPS) is 20.2. The van der Waals surface area contributed by atoms with Crippen LogP contribution >= 0.6 is 0 Å². The lowest BCUT2D eigenvalue weighted by atomic mass is 9.99. The molecule has 106 valence electrons. The van der Waals surface area contributed by atoms with Gasteiger partial charge >= 0.3 is 0 Å². The molecule has 1 atom stereocenters. The molecule has 0 aliphatic carbocycles. The number of anilines is 1. The van der Waals surface area contributed by atoms with Crippen LogP contribution in [0.25, 0.3) is 0 Å². The minimum atomic E-state index is -3.14. The van der Waals surface area contributed by atoms with E-state index in [0.717, 1.165) is 30.9 Å². The summed E-state index contributed by atoms with van der Waals surface area (Å²) in [6, 6.07) is 5.26. The lowest BCUT2D eigenvalue weighted by molar-refractivity contribution is 0.393. The van der Waals surface area contributed by atoms with Gasteiger partial charge in [0.2, 0.25) is 0 Å². The Morgan fingerprint density at radius 1 is 1.42 bits per heavy atom. The predicted molar refractivity (Wildman–Crippen MR) is 78.4 cm³/mol. The van der Waals surface area contributed by atoms with Crippen LogP contribution < -0.4 is 10.6 Å². The van der Waals surface area contributed by atoms with E-state index in [1.807, 2.05) is 13.0 Å². The lowest BCUT2D eigenvalue weighted by Gasteiger charge is -2.24. The Morgan fingerprint density at radius 3 is 2.84 bits per heavy atom. The fourth-order valence-corrected chi connectivity index (χ4v) is 3.02. The number of hydrogen-bond donors (Lipinski definition) is 2. The van der Waals surface area contributed by atoms with Crippen LogP contribution in [0.5, 0.6) is 0 Å². The summed E-state index contributed by atoms with van der Waals surface area (Å²) >= 11 is 0. The first-order valence-corrected chi connectivity index (χ1v) is 8.61. The topological polar surface area (TPSA) is 58.2 Å². The van der Waals surface area contributed by atoms with Gasteiger partial charge in [0.05, 0.1) is 4.90 Å². The molecule has 0 saturated carbocycles. The van der Waals surface area contributed by atoms with E-state index in [0.29, 0.717) is 10.8 Å². The highest BCUT2D eigenvalue weighted by Gasteiger charge is 2.14. The van der Waals surface area contributed by atoms with Gasteiger partial charge in [0.1, 0.15) is 0 Å². The Morgan fingerprint density at radius 2 is 2.21 bits per heavy atom. The maximum atomic E-state index is 11.6. The highest BCUT2D eigenvalue weighted by Crippen LogP contribution is 2.21. The van der Waals surface area contributed by atoms with Crippen LogP contribution in [0.15, 0.2) is 23.1 Å². The molecule has 1 aromatic carbocycles. The molecular formula is C14H22N2O2S. The fraction of sp³-hybridized carbons (Fsp3) is 0.571. The second-order valence-corrected chi connectivity index (χ2v) is 7.36. The van der Waals surface area contributed by atoms with Gasteiger partial charge in [0, 0.05) is 18.5 Å². The van der Waals surface area contributed by atoms with Crippen molar-refractivity contribution in [2.75, 3.05) is 31.2 Å². The fourth-order valence-electron chi connectivity index (χ4n) is 2.37. The highest BCUT2D eigenvalue weighted by atomic mass is 32.2. The Balaban J connectivity index is 2.06. The molecule has 0 radical (unpaired) electrons. The zero-order chi connectivity index (χ0) is 13.9. The van der Waals surface area contributed by atoms with E-state index < -0.39 is 9.84 Å². The summed E-state index contributed by atoms with van der Waals surface area (Å²) in [5, 5.41) is 6.78. The molecule has 0 aromatic heterocycles. The van der Waals surface area contributed by atoms with Crippen LogP contribution in [0, 0.1) is 12.8 Å². The maximum Gasteiger partial charge on any atom is 0.175 e. The minimum absolute atomic E-state index is 0.377. The summed E-state index contributed by atoms with van der Waals surface area (Å²) in [7, 11) is -3.14. The maximum absolute atomic E-state index is 11.6. The number of rotatable bonds is 4. The molecule has 4 nitrogen and oxygen atoms in total. The van der Waals surface area contributed by atoms with E-state index in [1.165, 1.54) is 19.1 Å². The van der Waals surface area contributed by atoms with Crippen molar-refractivity contribution in [2.24, 2.45) is 5.92 Å². The summed E-state index contributed by atoms with van der Waals surface area (Å²) in [5.41, 5.74) is 2.00. The highest BCUT2D eigenvalue weighted by molar-refractivity contribution is 7.90. The standard InChI is InChI=1S/C14H22N2O2S/c1-11-5-6-13(19(2,17)18)8-14(11)16-10-12-4-3-7-15-9-12/h5-6,8,12,15-16H,3-4,7,9-10H2,1-2H3. The van der Waals surface area contributed by atoms with Crippen molar-refractivity contribution in [1.29, 1.82) is 0 Å². The van der Waals surface area contributed by atoms with E-state index in [9.17, 15) is 8.42 Å². The molecule has 1 fully saturated rings. The van der Waals surface area contributed by atoms with E-state index in [2.05, 4.69) is 10.6 Å².